The summed E-state index contributed by atoms with van der Waals surface area (Å²) in [5, 5.41) is 3.78. The molecule has 28 heavy (non-hydrogen) atoms. The van der Waals surface area contributed by atoms with Crippen LogP contribution in [-0.2, 0) is 14.8 Å². The molecule has 0 saturated carbocycles. The Morgan fingerprint density at radius 1 is 1.21 bits per heavy atom. The summed E-state index contributed by atoms with van der Waals surface area (Å²) in [5.41, 5.74) is 0.631. The van der Waals surface area contributed by atoms with Crippen molar-refractivity contribution in [3.05, 3.63) is 65.8 Å². The molecular formula is C18H16FN3O5S. The van der Waals surface area contributed by atoms with Crippen molar-refractivity contribution in [2.45, 2.75) is 17.9 Å². The molecule has 0 aliphatic rings. The molecule has 0 amide bonds. The average Bonchev–Trinajstić information content (AvgIpc) is 3.18. The van der Waals surface area contributed by atoms with E-state index in [0.29, 0.717) is 5.56 Å². The normalized spacial score (nSPS) is 12.5. The Bertz CT molecular complexity index is 1100. The monoisotopic (exact) mass is 405 g/mol. The van der Waals surface area contributed by atoms with E-state index in [-0.39, 0.29) is 22.2 Å². The minimum atomic E-state index is -3.97. The van der Waals surface area contributed by atoms with Gasteiger partial charge >= 0.3 is 5.97 Å². The molecule has 0 saturated heterocycles. The molecule has 1 unspecified atom stereocenters. The lowest BCUT2D eigenvalue weighted by Crippen LogP contribution is -2.27. The molecule has 1 heterocycles. The van der Waals surface area contributed by atoms with E-state index >= 15 is 0 Å². The van der Waals surface area contributed by atoms with Gasteiger partial charge in [0.05, 0.1) is 23.6 Å². The highest BCUT2D eigenvalue weighted by molar-refractivity contribution is 7.89. The van der Waals surface area contributed by atoms with Crippen LogP contribution in [0.2, 0.25) is 0 Å². The fraction of sp³-hybridized carbons (Fsp3) is 0.167. The number of hydrogen-bond donors (Lipinski definition) is 1. The first-order valence-electron chi connectivity index (χ1n) is 8.10. The Morgan fingerprint density at radius 3 is 2.61 bits per heavy atom. The van der Waals surface area contributed by atoms with E-state index in [1.165, 1.54) is 62.6 Å². The second-order valence-corrected chi connectivity index (χ2v) is 7.54. The molecule has 0 radical (unpaired) electrons. The molecule has 10 heteroatoms. The van der Waals surface area contributed by atoms with Gasteiger partial charge in [-0.25, -0.2) is 17.6 Å². The lowest BCUT2D eigenvalue weighted by atomic mass is 10.2. The first-order valence-corrected chi connectivity index (χ1v) is 9.59. The standard InChI is InChI=1S/C18H16FN3O5S/c1-11(17-20-16(21-27-17)12-6-8-14(19)9-7-12)22-28(24,25)15-5-3-4-13(10-15)18(23)26-2/h3-11,22H,1-2H3. The number of aromatic nitrogens is 2. The third kappa shape index (κ3) is 4.24. The molecule has 0 aliphatic heterocycles. The maximum absolute atomic E-state index is 13.0. The van der Waals surface area contributed by atoms with Gasteiger partial charge in [0.1, 0.15) is 5.82 Å². The number of methoxy groups -OCH3 is 1. The van der Waals surface area contributed by atoms with Gasteiger partial charge in [0.2, 0.25) is 21.7 Å². The van der Waals surface area contributed by atoms with E-state index in [0.717, 1.165) is 0 Å². The van der Waals surface area contributed by atoms with Crippen molar-refractivity contribution in [1.29, 1.82) is 0 Å². The molecule has 2 aromatic carbocycles. The maximum atomic E-state index is 13.0. The smallest absolute Gasteiger partial charge is 0.337 e. The second kappa shape index (κ2) is 7.87. The number of nitrogens with one attached hydrogen (secondary N) is 1. The number of esters is 1. The third-order valence-corrected chi connectivity index (χ3v) is 5.35. The zero-order valence-corrected chi connectivity index (χ0v) is 15.7. The van der Waals surface area contributed by atoms with Crippen molar-refractivity contribution in [1.82, 2.24) is 14.9 Å². The van der Waals surface area contributed by atoms with Gasteiger partial charge in [-0.2, -0.15) is 9.71 Å². The van der Waals surface area contributed by atoms with Gasteiger partial charge in [0.25, 0.3) is 0 Å². The molecule has 0 bridgehead atoms. The fourth-order valence-electron chi connectivity index (χ4n) is 2.39. The number of sulfonamides is 1. The van der Waals surface area contributed by atoms with Crippen LogP contribution in [0.15, 0.2) is 57.9 Å². The third-order valence-electron chi connectivity index (χ3n) is 3.81. The number of hydrogen-bond acceptors (Lipinski definition) is 7. The highest BCUT2D eigenvalue weighted by Crippen LogP contribution is 2.21. The van der Waals surface area contributed by atoms with Crippen LogP contribution in [0.5, 0.6) is 0 Å². The van der Waals surface area contributed by atoms with Gasteiger partial charge in [-0.05, 0) is 49.4 Å². The Labute approximate surface area is 160 Å². The molecule has 1 N–H and O–H groups in total. The van der Waals surface area contributed by atoms with Gasteiger partial charge in [-0.3, -0.25) is 0 Å². The van der Waals surface area contributed by atoms with Gasteiger partial charge < -0.3 is 9.26 Å². The molecule has 3 rings (SSSR count). The number of rotatable bonds is 6. The lowest BCUT2D eigenvalue weighted by molar-refractivity contribution is 0.0600. The first-order chi connectivity index (χ1) is 13.3. The first kappa shape index (κ1) is 19.6. The van der Waals surface area contributed by atoms with Crippen LogP contribution in [0.3, 0.4) is 0 Å². The molecule has 1 aromatic heterocycles. The SMILES string of the molecule is COC(=O)c1cccc(S(=O)(=O)NC(C)c2nc(-c3ccc(F)cc3)no2)c1. The number of carbonyl (C=O) groups excluding carboxylic acids is 1. The lowest BCUT2D eigenvalue weighted by Gasteiger charge is -2.11. The topological polar surface area (TPSA) is 111 Å². The number of carbonyl (C=O) groups is 1. The van der Waals surface area contributed by atoms with Crippen molar-refractivity contribution in [3.63, 3.8) is 0 Å². The summed E-state index contributed by atoms with van der Waals surface area (Å²) >= 11 is 0. The number of benzene rings is 2. The van der Waals surface area contributed by atoms with Crippen LogP contribution in [-0.4, -0.2) is 31.6 Å². The summed E-state index contributed by atoms with van der Waals surface area (Å²) in [6.07, 6.45) is 0. The maximum Gasteiger partial charge on any atom is 0.337 e. The number of nitrogens with zero attached hydrogens (tertiary/aromatic N) is 2. The van der Waals surface area contributed by atoms with Crippen LogP contribution < -0.4 is 4.72 Å². The Hall–Kier alpha value is -3.11. The van der Waals surface area contributed by atoms with Gasteiger partial charge in [-0.15, -0.1) is 0 Å². The zero-order chi connectivity index (χ0) is 20.3. The quantitative estimate of drug-likeness (QED) is 0.628. The molecule has 3 aromatic rings. The van der Waals surface area contributed by atoms with E-state index in [2.05, 4.69) is 19.6 Å². The van der Waals surface area contributed by atoms with Gasteiger partial charge in [-0.1, -0.05) is 11.2 Å². The van der Waals surface area contributed by atoms with Crippen molar-refractivity contribution in [3.8, 4) is 11.4 Å². The van der Waals surface area contributed by atoms with Crippen LogP contribution in [0.1, 0.15) is 29.2 Å². The molecule has 0 fully saturated rings. The number of ether oxygens (including phenoxy) is 1. The number of halogens is 1. The molecule has 0 spiro atoms. The predicted octanol–water partition coefficient (Wildman–Crippen LogP) is 2.70. The minimum Gasteiger partial charge on any atom is -0.465 e. The second-order valence-electron chi connectivity index (χ2n) is 5.83. The van der Waals surface area contributed by atoms with Crippen LogP contribution in [0.4, 0.5) is 4.39 Å². The van der Waals surface area contributed by atoms with E-state index in [4.69, 9.17) is 4.52 Å². The summed E-state index contributed by atoms with van der Waals surface area (Å²) in [6, 6.07) is 10.1. The van der Waals surface area contributed by atoms with Crippen LogP contribution in [0, 0.1) is 5.82 Å². The minimum absolute atomic E-state index is 0.0343. The van der Waals surface area contributed by atoms with Crippen molar-refractivity contribution in [2.24, 2.45) is 0 Å². The molecule has 1 atom stereocenters. The van der Waals surface area contributed by atoms with Crippen molar-refractivity contribution >= 4 is 16.0 Å². The predicted molar refractivity (Wildman–Crippen MR) is 96.2 cm³/mol. The summed E-state index contributed by atoms with van der Waals surface area (Å²) in [4.78, 5) is 15.6. The van der Waals surface area contributed by atoms with Gasteiger partial charge in [0, 0.05) is 5.56 Å². The van der Waals surface area contributed by atoms with E-state index in [1.807, 2.05) is 0 Å². The molecule has 8 nitrogen and oxygen atoms in total. The highest BCUT2D eigenvalue weighted by atomic mass is 32.2. The Balaban J connectivity index is 1.79. The summed E-state index contributed by atoms with van der Waals surface area (Å²) < 4.78 is 50.3. The molecular weight excluding hydrogens is 389 g/mol. The Morgan fingerprint density at radius 2 is 1.93 bits per heavy atom. The van der Waals surface area contributed by atoms with Crippen molar-refractivity contribution in [2.75, 3.05) is 7.11 Å². The summed E-state index contributed by atoms with van der Waals surface area (Å²) in [6.45, 7) is 1.53. The van der Waals surface area contributed by atoms with Gasteiger partial charge in [0.15, 0.2) is 0 Å². The molecule has 146 valence electrons. The zero-order valence-electron chi connectivity index (χ0n) is 14.9. The summed E-state index contributed by atoms with van der Waals surface area (Å²) in [7, 11) is -2.76. The van der Waals surface area contributed by atoms with E-state index in [1.54, 1.807) is 0 Å². The average molecular weight is 405 g/mol. The largest absolute Gasteiger partial charge is 0.465 e. The van der Waals surface area contributed by atoms with Crippen molar-refractivity contribution < 1.29 is 26.9 Å². The van der Waals surface area contributed by atoms with E-state index in [9.17, 15) is 17.6 Å². The summed E-state index contributed by atoms with van der Waals surface area (Å²) in [5.74, 6) is -0.811. The Kier molecular flexibility index (Phi) is 5.52. The fourth-order valence-corrected chi connectivity index (χ4v) is 3.63. The van der Waals surface area contributed by atoms with E-state index < -0.39 is 27.9 Å². The highest BCUT2D eigenvalue weighted by Gasteiger charge is 2.23. The van der Waals surface area contributed by atoms with Crippen LogP contribution >= 0.6 is 0 Å². The molecule has 0 aliphatic carbocycles. The van der Waals surface area contributed by atoms with Crippen LogP contribution in [0.25, 0.3) is 11.4 Å².